The Morgan fingerprint density at radius 3 is 2.48 bits per heavy atom. The number of hydrogen-bond donors (Lipinski definition) is 1. The SMILES string of the molecule is CCOC(=O)C1CCCN1S(=O)(=O)N(C)C(C)(C)C(=O)O. The number of nitrogens with zero attached hydrogens (tertiary/aromatic N) is 2. The van der Waals surface area contributed by atoms with Crippen LogP contribution in [0.5, 0.6) is 0 Å². The zero-order chi connectivity index (χ0) is 16.4. The molecule has 0 spiro atoms. The van der Waals surface area contributed by atoms with E-state index < -0.39 is 33.7 Å². The second-order valence-corrected chi connectivity index (χ2v) is 7.27. The van der Waals surface area contributed by atoms with Gasteiger partial charge in [0.1, 0.15) is 11.6 Å². The molecule has 1 saturated heterocycles. The predicted octanol–water partition coefficient (Wildman–Crippen LogP) is 0.0537. The molecule has 0 bridgehead atoms. The van der Waals surface area contributed by atoms with Crippen LogP contribution in [0.25, 0.3) is 0 Å². The predicted molar refractivity (Wildman–Crippen MR) is 74.8 cm³/mol. The summed E-state index contributed by atoms with van der Waals surface area (Å²) in [4.78, 5) is 23.1. The van der Waals surface area contributed by atoms with Gasteiger partial charge in [0.15, 0.2) is 0 Å². The minimum atomic E-state index is -4.07. The third-order valence-electron chi connectivity index (χ3n) is 3.72. The monoisotopic (exact) mass is 322 g/mol. The van der Waals surface area contributed by atoms with E-state index in [9.17, 15) is 18.0 Å². The normalized spacial score (nSPS) is 20.7. The van der Waals surface area contributed by atoms with Crippen LogP contribution < -0.4 is 0 Å². The van der Waals surface area contributed by atoms with Gasteiger partial charge in [-0.2, -0.15) is 17.0 Å². The summed E-state index contributed by atoms with van der Waals surface area (Å²) in [6.45, 7) is 4.57. The van der Waals surface area contributed by atoms with E-state index in [1.54, 1.807) is 6.92 Å². The van der Waals surface area contributed by atoms with Gasteiger partial charge in [0, 0.05) is 13.6 Å². The number of carboxylic acid groups (broad SMARTS) is 1. The van der Waals surface area contributed by atoms with Crippen LogP contribution in [0, 0.1) is 0 Å². The average Bonchev–Trinajstić information content (AvgIpc) is 2.87. The lowest BCUT2D eigenvalue weighted by molar-refractivity contribution is -0.147. The molecule has 9 heteroatoms. The molecule has 0 aromatic carbocycles. The van der Waals surface area contributed by atoms with Crippen LogP contribution in [0.4, 0.5) is 0 Å². The van der Waals surface area contributed by atoms with Gasteiger partial charge in [0.2, 0.25) is 0 Å². The van der Waals surface area contributed by atoms with Crippen molar-refractivity contribution in [3.8, 4) is 0 Å². The van der Waals surface area contributed by atoms with E-state index in [0.29, 0.717) is 12.8 Å². The van der Waals surface area contributed by atoms with Crippen molar-refractivity contribution in [1.29, 1.82) is 0 Å². The van der Waals surface area contributed by atoms with Crippen LogP contribution >= 0.6 is 0 Å². The molecule has 0 aliphatic carbocycles. The maximum atomic E-state index is 12.6. The Bertz CT molecular complexity index is 516. The van der Waals surface area contributed by atoms with Gasteiger partial charge in [-0.1, -0.05) is 0 Å². The van der Waals surface area contributed by atoms with E-state index in [2.05, 4.69) is 0 Å². The summed E-state index contributed by atoms with van der Waals surface area (Å²) in [6, 6.07) is -0.887. The molecule has 1 rings (SSSR count). The number of hydrogen-bond acceptors (Lipinski definition) is 5. The molecular weight excluding hydrogens is 300 g/mol. The molecule has 0 amide bonds. The van der Waals surface area contributed by atoms with Gasteiger partial charge in [0.05, 0.1) is 6.61 Å². The van der Waals surface area contributed by atoms with Gasteiger partial charge < -0.3 is 9.84 Å². The molecule has 0 saturated carbocycles. The van der Waals surface area contributed by atoms with E-state index in [4.69, 9.17) is 9.84 Å². The molecule has 8 nitrogen and oxygen atoms in total. The first-order valence-electron chi connectivity index (χ1n) is 6.72. The standard InChI is InChI=1S/C12H22N2O6S/c1-5-20-10(15)9-7-6-8-14(9)21(18,19)13(4)12(2,3)11(16)17/h9H,5-8H2,1-4H3,(H,16,17). The number of ether oxygens (including phenoxy) is 1. The van der Waals surface area contributed by atoms with Gasteiger partial charge >= 0.3 is 11.9 Å². The van der Waals surface area contributed by atoms with Crippen LogP contribution in [0.15, 0.2) is 0 Å². The van der Waals surface area contributed by atoms with Crippen molar-refractivity contribution in [2.45, 2.75) is 45.2 Å². The molecular formula is C12H22N2O6S. The summed E-state index contributed by atoms with van der Waals surface area (Å²) in [6.07, 6.45) is 0.906. The Kier molecular flexibility index (Phi) is 5.35. The van der Waals surface area contributed by atoms with E-state index in [1.165, 1.54) is 20.9 Å². The van der Waals surface area contributed by atoms with Crippen LogP contribution in [-0.4, -0.2) is 65.9 Å². The van der Waals surface area contributed by atoms with E-state index in [0.717, 1.165) is 8.61 Å². The first kappa shape index (κ1) is 17.9. The fourth-order valence-electron chi connectivity index (χ4n) is 2.07. The molecule has 1 heterocycles. The average molecular weight is 322 g/mol. The maximum Gasteiger partial charge on any atom is 0.324 e. The minimum absolute atomic E-state index is 0.166. The van der Waals surface area contributed by atoms with Gasteiger partial charge in [-0.05, 0) is 33.6 Å². The van der Waals surface area contributed by atoms with Gasteiger partial charge in [-0.15, -0.1) is 0 Å². The van der Waals surface area contributed by atoms with E-state index in [1.807, 2.05) is 0 Å². The highest BCUT2D eigenvalue weighted by Gasteiger charge is 2.47. The molecule has 21 heavy (non-hydrogen) atoms. The Morgan fingerprint density at radius 1 is 1.43 bits per heavy atom. The summed E-state index contributed by atoms with van der Waals surface area (Å²) in [7, 11) is -2.87. The summed E-state index contributed by atoms with van der Waals surface area (Å²) < 4.78 is 31.9. The second kappa shape index (κ2) is 6.29. The van der Waals surface area contributed by atoms with Gasteiger partial charge in [0.25, 0.3) is 10.2 Å². The molecule has 0 aromatic heterocycles. The Hall–Kier alpha value is -1.19. The molecule has 0 radical (unpaired) electrons. The molecule has 1 fully saturated rings. The lowest BCUT2D eigenvalue weighted by Gasteiger charge is -2.35. The van der Waals surface area contributed by atoms with Crippen molar-refractivity contribution in [3.05, 3.63) is 0 Å². The number of rotatable bonds is 6. The third-order valence-corrected chi connectivity index (χ3v) is 5.89. The van der Waals surface area contributed by atoms with Crippen molar-refractivity contribution in [2.24, 2.45) is 0 Å². The maximum absolute atomic E-state index is 12.6. The summed E-state index contributed by atoms with van der Waals surface area (Å²) in [5.41, 5.74) is -1.61. The highest BCUT2D eigenvalue weighted by atomic mass is 32.2. The summed E-state index contributed by atoms with van der Waals surface area (Å²) in [5, 5.41) is 9.16. The number of carbonyl (C=O) groups is 2. The zero-order valence-corrected chi connectivity index (χ0v) is 13.5. The molecule has 1 aliphatic heterocycles. The van der Waals surface area contributed by atoms with Crippen molar-refractivity contribution >= 4 is 22.1 Å². The molecule has 122 valence electrons. The molecule has 1 atom stereocenters. The molecule has 0 aromatic rings. The van der Waals surface area contributed by atoms with Gasteiger partial charge in [-0.25, -0.2) is 0 Å². The highest BCUT2D eigenvalue weighted by molar-refractivity contribution is 7.86. The highest BCUT2D eigenvalue weighted by Crippen LogP contribution is 2.27. The fourth-order valence-corrected chi connectivity index (χ4v) is 3.91. The summed E-state index contributed by atoms with van der Waals surface area (Å²) >= 11 is 0. The first-order chi connectivity index (χ1) is 9.56. The van der Waals surface area contributed by atoms with Gasteiger partial charge in [-0.3, -0.25) is 9.59 Å². The van der Waals surface area contributed by atoms with E-state index >= 15 is 0 Å². The molecule has 1 N–H and O–H groups in total. The van der Waals surface area contributed by atoms with Crippen LogP contribution in [0.3, 0.4) is 0 Å². The Balaban J connectivity index is 3.06. The zero-order valence-electron chi connectivity index (χ0n) is 12.7. The summed E-state index contributed by atoms with van der Waals surface area (Å²) in [5.74, 6) is -1.86. The number of likely N-dealkylation sites (N-methyl/N-ethyl adjacent to an activating group) is 1. The van der Waals surface area contributed by atoms with Crippen molar-refractivity contribution < 1.29 is 27.9 Å². The van der Waals surface area contributed by atoms with Crippen molar-refractivity contribution in [1.82, 2.24) is 8.61 Å². The lowest BCUT2D eigenvalue weighted by Crippen LogP contribution is -2.57. The van der Waals surface area contributed by atoms with Crippen LogP contribution in [0.2, 0.25) is 0 Å². The number of carbonyl (C=O) groups excluding carboxylic acids is 1. The second-order valence-electron chi connectivity index (χ2n) is 5.36. The number of carboxylic acids is 1. The van der Waals surface area contributed by atoms with Crippen molar-refractivity contribution in [3.63, 3.8) is 0 Å². The number of esters is 1. The molecule has 1 unspecified atom stereocenters. The van der Waals surface area contributed by atoms with Crippen molar-refractivity contribution in [2.75, 3.05) is 20.2 Å². The Morgan fingerprint density at radius 2 is 2.00 bits per heavy atom. The van der Waals surface area contributed by atoms with E-state index in [-0.39, 0.29) is 13.2 Å². The third kappa shape index (κ3) is 3.35. The topological polar surface area (TPSA) is 104 Å². The number of aliphatic carboxylic acids is 1. The largest absolute Gasteiger partial charge is 0.480 e. The quantitative estimate of drug-likeness (QED) is 0.693. The Labute approximate surface area is 124 Å². The fraction of sp³-hybridized carbons (Fsp3) is 0.833. The minimum Gasteiger partial charge on any atom is -0.480 e. The smallest absolute Gasteiger partial charge is 0.324 e. The van der Waals surface area contributed by atoms with Crippen LogP contribution in [0.1, 0.15) is 33.6 Å². The first-order valence-corrected chi connectivity index (χ1v) is 8.12. The van der Waals surface area contributed by atoms with Crippen LogP contribution in [-0.2, 0) is 24.5 Å². The molecule has 1 aliphatic rings. The lowest BCUT2D eigenvalue weighted by atomic mass is 10.1.